The number of nitrogen functional groups attached to an aromatic ring is 1. The van der Waals surface area contributed by atoms with Gasteiger partial charge in [0.05, 0.1) is 5.51 Å². The number of halogens is 1. The van der Waals surface area contributed by atoms with Gasteiger partial charge in [-0.3, -0.25) is 0 Å². The van der Waals surface area contributed by atoms with Gasteiger partial charge in [0.1, 0.15) is 23.1 Å². The SMILES string of the molecule is Nc1scnc1COc1cccc(Br)c1. The van der Waals surface area contributed by atoms with Crippen LogP contribution in [0.2, 0.25) is 0 Å². The Bertz CT molecular complexity index is 458. The molecule has 1 heterocycles. The first-order chi connectivity index (χ1) is 7.25. The van der Waals surface area contributed by atoms with Crippen LogP contribution in [-0.2, 0) is 6.61 Å². The van der Waals surface area contributed by atoms with Crippen LogP contribution >= 0.6 is 27.3 Å². The van der Waals surface area contributed by atoms with Crippen LogP contribution in [0.15, 0.2) is 34.2 Å². The van der Waals surface area contributed by atoms with Gasteiger partial charge in [-0.25, -0.2) is 4.98 Å². The highest BCUT2D eigenvalue weighted by atomic mass is 79.9. The Balaban J connectivity index is 2.02. The van der Waals surface area contributed by atoms with Crippen LogP contribution in [0, 0.1) is 0 Å². The van der Waals surface area contributed by atoms with E-state index in [2.05, 4.69) is 20.9 Å². The Labute approximate surface area is 100 Å². The first kappa shape index (κ1) is 10.4. The smallest absolute Gasteiger partial charge is 0.133 e. The number of hydrogen-bond acceptors (Lipinski definition) is 4. The van der Waals surface area contributed by atoms with Gasteiger partial charge in [0.2, 0.25) is 0 Å². The van der Waals surface area contributed by atoms with Gasteiger partial charge in [-0.05, 0) is 18.2 Å². The zero-order valence-corrected chi connectivity index (χ0v) is 10.2. The second-order valence-corrected chi connectivity index (χ2v) is 4.71. The number of aromatic nitrogens is 1. The molecule has 0 unspecified atom stereocenters. The fourth-order valence-electron chi connectivity index (χ4n) is 1.10. The van der Waals surface area contributed by atoms with Crippen LogP contribution in [0.5, 0.6) is 5.75 Å². The summed E-state index contributed by atoms with van der Waals surface area (Å²) in [6, 6.07) is 7.67. The Hall–Kier alpha value is -1.07. The molecule has 0 fully saturated rings. The number of thiazole rings is 1. The minimum atomic E-state index is 0.409. The summed E-state index contributed by atoms with van der Waals surface area (Å²) in [5.41, 5.74) is 8.21. The molecule has 0 atom stereocenters. The van der Waals surface area contributed by atoms with Gasteiger partial charge in [-0.2, -0.15) is 0 Å². The molecule has 5 heteroatoms. The lowest BCUT2D eigenvalue weighted by molar-refractivity contribution is 0.302. The molecule has 1 aromatic carbocycles. The van der Waals surface area contributed by atoms with Crippen molar-refractivity contribution in [2.45, 2.75) is 6.61 Å². The predicted molar refractivity (Wildman–Crippen MR) is 65.0 cm³/mol. The van der Waals surface area contributed by atoms with Gasteiger partial charge in [0.15, 0.2) is 0 Å². The normalized spacial score (nSPS) is 10.2. The van der Waals surface area contributed by atoms with Gasteiger partial charge in [0, 0.05) is 4.47 Å². The molecule has 0 radical (unpaired) electrons. The van der Waals surface area contributed by atoms with Crippen molar-refractivity contribution in [3.05, 3.63) is 39.9 Å². The van der Waals surface area contributed by atoms with Crippen molar-refractivity contribution >= 4 is 32.3 Å². The van der Waals surface area contributed by atoms with Crippen LogP contribution < -0.4 is 10.5 Å². The maximum atomic E-state index is 5.70. The van der Waals surface area contributed by atoms with Crippen molar-refractivity contribution in [1.82, 2.24) is 4.98 Å². The molecule has 0 spiro atoms. The second-order valence-electron chi connectivity index (χ2n) is 2.91. The van der Waals surface area contributed by atoms with Crippen molar-refractivity contribution in [3.8, 4) is 5.75 Å². The molecule has 0 aliphatic heterocycles. The lowest BCUT2D eigenvalue weighted by Crippen LogP contribution is -1.98. The first-order valence-electron chi connectivity index (χ1n) is 4.32. The highest BCUT2D eigenvalue weighted by Crippen LogP contribution is 2.21. The molecule has 2 N–H and O–H groups in total. The average Bonchev–Trinajstić information content (AvgIpc) is 2.61. The molecule has 0 saturated carbocycles. The molecule has 15 heavy (non-hydrogen) atoms. The topological polar surface area (TPSA) is 48.1 Å². The van der Waals surface area contributed by atoms with E-state index < -0.39 is 0 Å². The van der Waals surface area contributed by atoms with E-state index in [-0.39, 0.29) is 0 Å². The maximum Gasteiger partial charge on any atom is 0.133 e. The van der Waals surface area contributed by atoms with Crippen molar-refractivity contribution in [2.24, 2.45) is 0 Å². The largest absolute Gasteiger partial charge is 0.487 e. The third-order valence-corrected chi connectivity index (χ3v) is 3.04. The number of nitrogens with two attached hydrogens (primary N) is 1. The molecule has 0 aliphatic rings. The summed E-state index contributed by atoms with van der Waals surface area (Å²) in [4.78, 5) is 4.11. The van der Waals surface area contributed by atoms with E-state index in [9.17, 15) is 0 Å². The maximum absolute atomic E-state index is 5.70. The summed E-state index contributed by atoms with van der Waals surface area (Å²) in [5, 5.41) is 0.713. The molecule has 0 bridgehead atoms. The van der Waals surface area contributed by atoms with Crippen molar-refractivity contribution in [3.63, 3.8) is 0 Å². The number of rotatable bonds is 3. The molecule has 2 aromatic rings. The number of nitrogens with zero attached hydrogens (tertiary/aromatic N) is 1. The molecule has 3 nitrogen and oxygen atoms in total. The molecule has 2 rings (SSSR count). The third-order valence-electron chi connectivity index (χ3n) is 1.84. The van der Waals surface area contributed by atoms with E-state index in [0.717, 1.165) is 15.9 Å². The zero-order chi connectivity index (χ0) is 10.7. The Morgan fingerprint density at radius 3 is 3.00 bits per heavy atom. The minimum absolute atomic E-state index is 0.409. The van der Waals surface area contributed by atoms with Crippen LogP contribution in [0.3, 0.4) is 0 Å². The molecule has 0 amide bonds. The van der Waals surface area contributed by atoms with Gasteiger partial charge in [-0.15, -0.1) is 11.3 Å². The quantitative estimate of drug-likeness (QED) is 0.942. The summed E-state index contributed by atoms with van der Waals surface area (Å²) in [5.74, 6) is 0.803. The van der Waals surface area contributed by atoms with E-state index >= 15 is 0 Å². The Morgan fingerprint density at radius 1 is 1.47 bits per heavy atom. The lowest BCUT2D eigenvalue weighted by atomic mass is 10.3. The minimum Gasteiger partial charge on any atom is -0.487 e. The summed E-state index contributed by atoms with van der Waals surface area (Å²) < 4.78 is 6.54. The highest BCUT2D eigenvalue weighted by molar-refractivity contribution is 9.10. The average molecular weight is 285 g/mol. The molecular formula is C10H9BrN2OS. The Kier molecular flexibility index (Phi) is 3.23. The first-order valence-corrected chi connectivity index (χ1v) is 5.99. The molecular weight excluding hydrogens is 276 g/mol. The lowest BCUT2D eigenvalue weighted by Gasteiger charge is -2.04. The summed E-state index contributed by atoms with van der Waals surface area (Å²) in [6.07, 6.45) is 0. The second kappa shape index (κ2) is 4.63. The number of hydrogen-bond donors (Lipinski definition) is 1. The van der Waals surface area contributed by atoms with E-state index in [1.807, 2.05) is 24.3 Å². The monoisotopic (exact) mass is 284 g/mol. The number of ether oxygens (including phenoxy) is 1. The van der Waals surface area contributed by atoms with Crippen LogP contribution in [-0.4, -0.2) is 4.98 Å². The van der Waals surface area contributed by atoms with Gasteiger partial charge in [-0.1, -0.05) is 22.0 Å². The van der Waals surface area contributed by atoms with E-state index in [4.69, 9.17) is 10.5 Å². The number of benzene rings is 1. The van der Waals surface area contributed by atoms with Crippen LogP contribution in [0.1, 0.15) is 5.69 Å². The Morgan fingerprint density at radius 2 is 2.33 bits per heavy atom. The van der Waals surface area contributed by atoms with Crippen LogP contribution in [0.25, 0.3) is 0 Å². The van der Waals surface area contributed by atoms with Gasteiger partial charge >= 0.3 is 0 Å². The zero-order valence-electron chi connectivity index (χ0n) is 7.81. The molecule has 78 valence electrons. The fourth-order valence-corrected chi connectivity index (χ4v) is 2.01. The van der Waals surface area contributed by atoms with Gasteiger partial charge < -0.3 is 10.5 Å². The standard InChI is InChI=1S/C10H9BrN2OS/c11-7-2-1-3-8(4-7)14-5-9-10(12)15-6-13-9/h1-4,6H,5,12H2. The van der Waals surface area contributed by atoms with Crippen molar-refractivity contribution < 1.29 is 4.74 Å². The third kappa shape index (κ3) is 2.70. The van der Waals surface area contributed by atoms with E-state index in [1.54, 1.807) is 5.51 Å². The number of anilines is 1. The summed E-state index contributed by atoms with van der Waals surface area (Å²) in [7, 11) is 0. The van der Waals surface area contributed by atoms with E-state index in [0.29, 0.717) is 11.6 Å². The van der Waals surface area contributed by atoms with Gasteiger partial charge in [0.25, 0.3) is 0 Å². The molecule has 0 saturated heterocycles. The fraction of sp³-hybridized carbons (Fsp3) is 0.100. The van der Waals surface area contributed by atoms with Crippen molar-refractivity contribution in [2.75, 3.05) is 5.73 Å². The predicted octanol–water partition coefficient (Wildman–Crippen LogP) is 3.07. The summed E-state index contributed by atoms with van der Waals surface area (Å²) in [6.45, 7) is 0.409. The molecule has 0 aliphatic carbocycles. The highest BCUT2D eigenvalue weighted by Gasteiger charge is 2.03. The van der Waals surface area contributed by atoms with Crippen LogP contribution in [0.4, 0.5) is 5.00 Å². The molecule has 1 aromatic heterocycles. The van der Waals surface area contributed by atoms with E-state index in [1.165, 1.54) is 11.3 Å². The van der Waals surface area contributed by atoms with Crippen molar-refractivity contribution in [1.29, 1.82) is 0 Å². The summed E-state index contributed by atoms with van der Waals surface area (Å²) >= 11 is 4.80.